The van der Waals surface area contributed by atoms with Gasteiger partial charge in [0.25, 0.3) is 0 Å². The van der Waals surface area contributed by atoms with E-state index in [0.717, 1.165) is 33.0 Å². The Morgan fingerprint density at radius 3 is 1.61 bits per heavy atom. The van der Waals surface area contributed by atoms with E-state index in [1.54, 1.807) is 12.1 Å². The number of nitrogens with two attached hydrogens (primary N) is 2. The van der Waals surface area contributed by atoms with Gasteiger partial charge in [0.2, 0.25) is 11.8 Å². The van der Waals surface area contributed by atoms with E-state index >= 15 is 0 Å². The van der Waals surface area contributed by atoms with Crippen LogP contribution in [0.2, 0.25) is 0 Å². The number of hydrogen-bond donors (Lipinski definition) is 4. The highest BCUT2D eigenvalue weighted by atomic mass is 35.5. The molecule has 7 nitrogen and oxygen atoms in total. The first kappa shape index (κ1) is 30.7. The number of benzene rings is 6. The van der Waals surface area contributed by atoms with Crippen LogP contribution in [0.3, 0.4) is 0 Å². The smallest absolute Gasteiger partial charge is 0.239 e. The summed E-state index contributed by atoms with van der Waals surface area (Å²) in [5.41, 5.74) is 15.0. The maximum Gasteiger partial charge on any atom is 0.239 e. The summed E-state index contributed by atoms with van der Waals surface area (Å²) in [4.78, 5) is 28.7. The summed E-state index contributed by atoms with van der Waals surface area (Å²) < 4.78 is 0. The Kier molecular flexibility index (Phi) is 8.67. The second-order valence-corrected chi connectivity index (χ2v) is 10.3. The van der Waals surface area contributed by atoms with Crippen LogP contribution in [0.15, 0.2) is 103 Å². The first-order valence-electron chi connectivity index (χ1n) is 13.7. The number of nitrogens with zero attached hydrogens (tertiary/aromatic N) is 1. The second-order valence-electron chi connectivity index (χ2n) is 10.3. The van der Waals surface area contributed by atoms with Crippen LogP contribution in [-0.4, -0.2) is 29.9 Å². The van der Waals surface area contributed by atoms with Crippen molar-refractivity contribution in [2.75, 3.05) is 23.7 Å². The Balaban J connectivity index is 0.00000192. The number of fused-ring (bicyclic) bond motifs is 1. The lowest BCUT2D eigenvalue weighted by Gasteiger charge is -2.18. The molecule has 0 saturated heterocycles. The zero-order valence-corrected chi connectivity index (χ0v) is 25.1. The maximum atomic E-state index is 12.2. The molecule has 0 atom stereocenters. The molecular formula is C35H29Cl2N5O2. The monoisotopic (exact) mass is 621 g/mol. The SMILES string of the molecule is Cl.Cl.NCC(=O)Nc1cc(-c2cccc3cccc(-c4ccc5ccc6cccc7ccc4c5c67)c23)cc(NC(=O)CN)n1. The molecular weight excluding hydrogens is 593 g/mol. The molecule has 7 aromatic rings. The lowest BCUT2D eigenvalue weighted by atomic mass is 9.86. The van der Waals surface area contributed by atoms with Crippen molar-refractivity contribution in [1.29, 1.82) is 0 Å². The molecule has 0 unspecified atom stereocenters. The fraction of sp³-hybridized carbons (Fsp3) is 0.0571. The Morgan fingerprint density at radius 2 is 1.02 bits per heavy atom. The van der Waals surface area contributed by atoms with E-state index in [9.17, 15) is 9.59 Å². The zero-order chi connectivity index (χ0) is 28.8. The number of rotatable bonds is 6. The summed E-state index contributed by atoms with van der Waals surface area (Å²) in [6.07, 6.45) is 0. The van der Waals surface area contributed by atoms with Crippen molar-refractivity contribution in [3.63, 3.8) is 0 Å². The first-order chi connectivity index (χ1) is 20.5. The van der Waals surface area contributed by atoms with Crippen LogP contribution in [0.4, 0.5) is 11.6 Å². The predicted octanol–water partition coefficient (Wildman–Crippen LogP) is 7.10. The van der Waals surface area contributed by atoms with E-state index in [2.05, 4.69) is 94.5 Å². The molecule has 9 heteroatoms. The third-order valence-electron chi connectivity index (χ3n) is 7.77. The molecule has 2 amide bonds. The van der Waals surface area contributed by atoms with Crippen molar-refractivity contribution >= 4 is 91.4 Å². The van der Waals surface area contributed by atoms with Crippen molar-refractivity contribution in [2.45, 2.75) is 0 Å². The molecule has 0 radical (unpaired) electrons. The van der Waals surface area contributed by atoms with Crippen LogP contribution in [-0.2, 0) is 9.59 Å². The van der Waals surface area contributed by atoms with E-state index in [1.165, 1.54) is 32.3 Å². The number of hydrogen-bond acceptors (Lipinski definition) is 5. The standard InChI is InChI=1S/C35H27N5O2.2ClH/c36-18-31(41)39-29-16-24(17-30(38-29)40-32(42)19-37)25-8-2-6-20-7-3-9-27(34(20)25)26-14-12-23-11-10-21-4-1-5-22-13-15-28(26)35(23)33(21)22;;/h1-17H,18-19,36-37H2,(H2,38,39,40,41,42);2*1H. The van der Waals surface area contributed by atoms with E-state index < -0.39 is 0 Å². The topological polar surface area (TPSA) is 123 Å². The Morgan fingerprint density at radius 1 is 0.545 bits per heavy atom. The maximum absolute atomic E-state index is 12.2. The molecule has 0 fully saturated rings. The lowest BCUT2D eigenvalue weighted by molar-refractivity contribution is -0.115. The molecule has 44 heavy (non-hydrogen) atoms. The van der Waals surface area contributed by atoms with Gasteiger partial charge in [-0.25, -0.2) is 4.98 Å². The van der Waals surface area contributed by atoms with Gasteiger partial charge in [-0.1, -0.05) is 91.0 Å². The Hall–Kier alpha value is -4.79. The van der Waals surface area contributed by atoms with Gasteiger partial charge in [0.1, 0.15) is 11.6 Å². The second kappa shape index (κ2) is 12.4. The van der Waals surface area contributed by atoms with Crippen molar-refractivity contribution in [2.24, 2.45) is 11.5 Å². The molecule has 0 aliphatic rings. The minimum atomic E-state index is -0.386. The number of amides is 2. The average molecular weight is 623 g/mol. The van der Waals surface area contributed by atoms with Crippen LogP contribution in [0, 0.1) is 0 Å². The van der Waals surface area contributed by atoms with E-state index in [4.69, 9.17) is 11.5 Å². The Labute approximate surface area is 265 Å². The number of nitrogens with one attached hydrogen (secondary N) is 2. The molecule has 0 aliphatic carbocycles. The van der Waals surface area contributed by atoms with Gasteiger partial charge in [-0.3, -0.25) is 9.59 Å². The van der Waals surface area contributed by atoms with Crippen LogP contribution in [0.25, 0.3) is 65.3 Å². The van der Waals surface area contributed by atoms with Gasteiger partial charge < -0.3 is 22.1 Å². The summed E-state index contributed by atoms with van der Waals surface area (Å²) >= 11 is 0. The fourth-order valence-electron chi connectivity index (χ4n) is 5.98. The van der Waals surface area contributed by atoms with Crippen LogP contribution >= 0.6 is 24.8 Å². The van der Waals surface area contributed by atoms with Crippen LogP contribution < -0.4 is 22.1 Å². The summed E-state index contributed by atoms with van der Waals surface area (Å²) in [6.45, 7) is -0.382. The van der Waals surface area contributed by atoms with E-state index in [-0.39, 0.29) is 61.4 Å². The quantitative estimate of drug-likeness (QED) is 0.147. The summed E-state index contributed by atoms with van der Waals surface area (Å²) in [5.74, 6) is -0.203. The molecule has 1 aromatic heterocycles. The number of pyridine rings is 1. The molecule has 0 saturated carbocycles. The molecule has 0 bridgehead atoms. The molecule has 6 N–H and O–H groups in total. The number of carbonyl (C=O) groups is 2. The lowest BCUT2D eigenvalue weighted by Crippen LogP contribution is -2.24. The fourth-order valence-corrected chi connectivity index (χ4v) is 5.98. The Bertz CT molecular complexity index is 2130. The van der Waals surface area contributed by atoms with Crippen LogP contribution in [0.5, 0.6) is 0 Å². The number of carbonyl (C=O) groups excluding carboxylic acids is 2. The van der Waals surface area contributed by atoms with E-state index in [0.29, 0.717) is 0 Å². The molecule has 0 spiro atoms. The third-order valence-corrected chi connectivity index (χ3v) is 7.77. The van der Waals surface area contributed by atoms with Gasteiger partial charge >= 0.3 is 0 Å². The number of aromatic nitrogens is 1. The van der Waals surface area contributed by atoms with Gasteiger partial charge in [0.15, 0.2) is 0 Å². The van der Waals surface area contributed by atoms with Gasteiger partial charge in [0.05, 0.1) is 13.1 Å². The van der Waals surface area contributed by atoms with Crippen molar-refractivity contribution in [1.82, 2.24) is 4.98 Å². The highest BCUT2D eigenvalue weighted by Crippen LogP contribution is 2.43. The average Bonchev–Trinajstić information content (AvgIpc) is 3.02. The largest absolute Gasteiger partial charge is 0.322 e. The highest BCUT2D eigenvalue weighted by Gasteiger charge is 2.17. The zero-order valence-electron chi connectivity index (χ0n) is 23.5. The molecule has 1 heterocycles. The highest BCUT2D eigenvalue weighted by molar-refractivity contribution is 6.26. The third kappa shape index (κ3) is 5.27. The van der Waals surface area contributed by atoms with Gasteiger partial charge in [-0.2, -0.15) is 0 Å². The number of halogens is 2. The molecule has 7 rings (SSSR count). The molecule has 6 aromatic carbocycles. The van der Waals surface area contributed by atoms with Gasteiger partial charge in [-0.05, 0) is 77.5 Å². The summed E-state index contributed by atoms with van der Waals surface area (Å²) in [5, 5.41) is 14.9. The summed E-state index contributed by atoms with van der Waals surface area (Å²) in [7, 11) is 0. The normalized spacial score (nSPS) is 11.0. The first-order valence-corrected chi connectivity index (χ1v) is 13.7. The van der Waals surface area contributed by atoms with Crippen molar-refractivity contribution in [3.05, 3.63) is 103 Å². The number of anilines is 2. The molecule has 220 valence electrons. The van der Waals surface area contributed by atoms with Crippen LogP contribution in [0.1, 0.15) is 0 Å². The predicted molar refractivity (Wildman–Crippen MR) is 186 cm³/mol. The van der Waals surface area contributed by atoms with Crippen molar-refractivity contribution in [3.8, 4) is 22.3 Å². The van der Waals surface area contributed by atoms with Crippen molar-refractivity contribution < 1.29 is 9.59 Å². The van der Waals surface area contributed by atoms with E-state index in [1.807, 2.05) is 12.1 Å². The van der Waals surface area contributed by atoms with Gasteiger partial charge in [0, 0.05) is 0 Å². The minimum absolute atomic E-state index is 0. The minimum Gasteiger partial charge on any atom is -0.322 e. The van der Waals surface area contributed by atoms with Gasteiger partial charge in [-0.15, -0.1) is 24.8 Å². The summed E-state index contributed by atoms with van der Waals surface area (Å²) in [6, 6.07) is 35.6. The molecule has 0 aliphatic heterocycles.